The van der Waals surface area contributed by atoms with Gasteiger partial charge in [0.15, 0.2) is 0 Å². The van der Waals surface area contributed by atoms with Crippen molar-refractivity contribution < 1.29 is 9.84 Å². The van der Waals surface area contributed by atoms with Crippen molar-refractivity contribution in [2.75, 3.05) is 39.4 Å². The molecule has 0 amide bonds. The average Bonchev–Trinajstić information content (AvgIpc) is 2.61. The number of nitrogens with zero attached hydrogens (tertiary/aromatic N) is 3. The van der Waals surface area contributed by atoms with Gasteiger partial charge in [-0.15, -0.1) is 0 Å². The minimum Gasteiger partial charge on any atom is -0.506 e. The van der Waals surface area contributed by atoms with E-state index in [1.54, 1.807) is 18.5 Å². The van der Waals surface area contributed by atoms with Gasteiger partial charge in [-0.2, -0.15) is 0 Å². The second kappa shape index (κ2) is 7.15. The topological polar surface area (TPSA) is 67.1 Å². The lowest BCUT2D eigenvalue weighted by molar-refractivity contribution is 0.0394. The summed E-state index contributed by atoms with van der Waals surface area (Å²) < 4.78 is 6.89. The van der Waals surface area contributed by atoms with E-state index in [1.807, 2.05) is 24.3 Å². The number of morpholine rings is 1. The molecule has 0 aliphatic carbocycles. The number of fused-ring (bicyclic) bond motifs is 1. The average molecular weight is 329 g/mol. The molecule has 2 aromatic rings. The van der Waals surface area contributed by atoms with Gasteiger partial charge in [0.2, 0.25) is 0 Å². The molecule has 0 unspecified atom stereocenters. The van der Waals surface area contributed by atoms with Crippen LogP contribution in [0.25, 0.3) is 10.9 Å². The first kappa shape index (κ1) is 16.7. The predicted octanol–water partition coefficient (Wildman–Crippen LogP) is 1.39. The Morgan fingerprint density at radius 2 is 2.00 bits per heavy atom. The van der Waals surface area contributed by atoms with Gasteiger partial charge in [0, 0.05) is 37.8 Å². The summed E-state index contributed by atoms with van der Waals surface area (Å²) in [6.07, 6.45) is 0. The van der Waals surface area contributed by atoms with E-state index in [2.05, 4.69) is 9.89 Å². The zero-order valence-corrected chi connectivity index (χ0v) is 14.2. The molecule has 3 rings (SSSR count). The Balaban J connectivity index is 1.87. The molecule has 1 fully saturated rings. The number of hydrogen-bond donors (Lipinski definition) is 1. The van der Waals surface area contributed by atoms with Crippen molar-refractivity contribution in [1.29, 1.82) is 0 Å². The summed E-state index contributed by atoms with van der Waals surface area (Å²) in [5.74, 6) is 0.0151. The van der Waals surface area contributed by atoms with Gasteiger partial charge in [0.25, 0.3) is 5.56 Å². The van der Waals surface area contributed by atoms with Crippen LogP contribution in [-0.2, 0) is 11.8 Å². The highest BCUT2D eigenvalue weighted by Gasteiger charge is 2.16. The van der Waals surface area contributed by atoms with Crippen LogP contribution in [0, 0.1) is 0 Å². The lowest BCUT2D eigenvalue weighted by Crippen LogP contribution is -2.37. The largest absolute Gasteiger partial charge is 0.506 e. The number of benzene rings is 1. The Labute approximate surface area is 141 Å². The first-order chi connectivity index (χ1) is 11.6. The van der Waals surface area contributed by atoms with Crippen LogP contribution in [0.15, 0.2) is 34.1 Å². The summed E-state index contributed by atoms with van der Waals surface area (Å²) in [4.78, 5) is 19.4. The Bertz CT molecular complexity index is 820. The van der Waals surface area contributed by atoms with Crippen LogP contribution in [0.3, 0.4) is 0 Å². The number of aromatic hydroxyl groups is 1. The summed E-state index contributed by atoms with van der Waals surface area (Å²) in [5.41, 5.74) is 1.36. The van der Waals surface area contributed by atoms with Gasteiger partial charge in [0.05, 0.1) is 25.3 Å². The smallest absolute Gasteiger partial charge is 0.263 e. The summed E-state index contributed by atoms with van der Waals surface area (Å²) in [5, 5.41) is 11.2. The van der Waals surface area contributed by atoms with Gasteiger partial charge in [0.1, 0.15) is 11.3 Å². The fourth-order valence-corrected chi connectivity index (χ4v) is 3.07. The second-order valence-corrected chi connectivity index (χ2v) is 6.03. The number of pyridine rings is 1. The van der Waals surface area contributed by atoms with E-state index in [0.717, 1.165) is 32.8 Å². The van der Waals surface area contributed by atoms with E-state index < -0.39 is 0 Å². The van der Waals surface area contributed by atoms with Crippen molar-refractivity contribution in [3.05, 3.63) is 40.2 Å². The summed E-state index contributed by atoms with van der Waals surface area (Å²) in [6.45, 7) is 6.56. The molecular formula is C18H23N3O3. The predicted molar refractivity (Wildman–Crippen MR) is 95.2 cm³/mol. The third kappa shape index (κ3) is 3.20. The van der Waals surface area contributed by atoms with Crippen LogP contribution in [0.4, 0.5) is 0 Å². The van der Waals surface area contributed by atoms with Gasteiger partial charge in [-0.05, 0) is 19.1 Å². The monoisotopic (exact) mass is 329 g/mol. The summed E-state index contributed by atoms with van der Waals surface area (Å²) in [6, 6.07) is 7.34. The lowest BCUT2D eigenvalue weighted by Gasteiger charge is -2.25. The molecule has 1 aliphatic rings. The molecule has 0 saturated carbocycles. The fourth-order valence-electron chi connectivity index (χ4n) is 3.07. The Morgan fingerprint density at radius 1 is 1.29 bits per heavy atom. The summed E-state index contributed by atoms with van der Waals surface area (Å²) in [7, 11) is 1.72. The number of para-hydroxylation sites is 1. The third-order valence-corrected chi connectivity index (χ3v) is 4.51. The molecule has 1 aliphatic heterocycles. The molecule has 0 bridgehead atoms. The van der Waals surface area contributed by atoms with Gasteiger partial charge >= 0.3 is 0 Å². The maximum absolute atomic E-state index is 12.6. The molecule has 128 valence electrons. The van der Waals surface area contributed by atoms with Gasteiger partial charge in [-0.25, -0.2) is 0 Å². The number of aryl methyl sites for hydroxylation is 1. The van der Waals surface area contributed by atoms with Crippen LogP contribution >= 0.6 is 0 Å². The Kier molecular flexibility index (Phi) is 4.97. The number of hydrogen-bond acceptors (Lipinski definition) is 5. The van der Waals surface area contributed by atoms with Crippen molar-refractivity contribution in [2.45, 2.75) is 6.92 Å². The standard InChI is InChI=1S/C18H23N3O3/c1-13(19-7-8-21-9-11-24-12-10-21)16-17(22)14-5-3-4-6-15(14)20(2)18(16)23/h3-6,22H,7-12H2,1-2H3. The number of aromatic nitrogens is 1. The Morgan fingerprint density at radius 3 is 2.75 bits per heavy atom. The van der Waals surface area contributed by atoms with Crippen LogP contribution in [-0.4, -0.2) is 59.7 Å². The zero-order valence-electron chi connectivity index (χ0n) is 14.2. The molecule has 1 aromatic carbocycles. The van der Waals surface area contributed by atoms with Crippen LogP contribution in [0.5, 0.6) is 5.75 Å². The van der Waals surface area contributed by atoms with E-state index >= 15 is 0 Å². The van der Waals surface area contributed by atoms with E-state index in [0.29, 0.717) is 23.2 Å². The molecule has 24 heavy (non-hydrogen) atoms. The van der Waals surface area contributed by atoms with Gasteiger partial charge in [-0.3, -0.25) is 14.7 Å². The van der Waals surface area contributed by atoms with Gasteiger partial charge in [-0.1, -0.05) is 12.1 Å². The van der Waals surface area contributed by atoms with Crippen LogP contribution < -0.4 is 5.56 Å². The van der Waals surface area contributed by atoms with E-state index in [4.69, 9.17) is 4.74 Å². The fraction of sp³-hybridized carbons (Fsp3) is 0.444. The molecule has 1 saturated heterocycles. The van der Waals surface area contributed by atoms with Crippen molar-refractivity contribution in [3.63, 3.8) is 0 Å². The lowest BCUT2D eigenvalue weighted by atomic mass is 10.1. The molecule has 0 atom stereocenters. The highest BCUT2D eigenvalue weighted by atomic mass is 16.5. The molecule has 6 heteroatoms. The molecule has 6 nitrogen and oxygen atoms in total. The number of aliphatic imine (C=N–C) groups is 1. The molecule has 2 heterocycles. The highest BCUT2D eigenvalue weighted by Crippen LogP contribution is 2.26. The number of ether oxygens (including phenoxy) is 1. The van der Waals surface area contributed by atoms with E-state index in [9.17, 15) is 9.90 Å². The first-order valence-corrected chi connectivity index (χ1v) is 8.22. The third-order valence-electron chi connectivity index (χ3n) is 4.51. The summed E-state index contributed by atoms with van der Waals surface area (Å²) >= 11 is 0. The second-order valence-electron chi connectivity index (χ2n) is 6.03. The molecule has 0 radical (unpaired) electrons. The molecule has 1 N–H and O–H groups in total. The van der Waals surface area contributed by atoms with Crippen molar-refractivity contribution >= 4 is 16.6 Å². The normalized spacial score (nSPS) is 16.7. The molecule has 1 aromatic heterocycles. The first-order valence-electron chi connectivity index (χ1n) is 8.22. The van der Waals surface area contributed by atoms with Crippen molar-refractivity contribution in [2.24, 2.45) is 12.0 Å². The quantitative estimate of drug-likeness (QED) is 0.861. The highest BCUT2D eigenvalue weighted by molar-refractivity contribution is 6.05. The number of rotatable bonds is 4. The van der Waals surface area contributed by atoms with E-state index in [-0.39, 0.29) is 16.9 Å². The minimum atomic E-state index is -0.223. The van der Waals surface area contributed by atoms with Crippen LogP contribution in [0.2, 0.25) is 0 Å². The maximum atomic E-state index is 12.6. The Hall–Kier alpha value is -2.18. The minimum absolute atomic E-state index is 0.0151. The molecule has 0 spiro atoms. The van der Waals surface area contributed by atoms with E-state index in [1.165, 1.54) is 0 Å². The maximum Gasteiger partial charge on any atom is 0.263 e. The van der Waals surface area contributed by atoms with Crippen LogP contribution in [0.1, 0.15) is 12.5 Å². The van der Waals surface area contributed by atoms with Crippen molar-refractivity contribution in [3.8, 4) is 5.75 Å². The van der Waals surface area contributed by atoms with Gasteiger partial charge < -0.3 is 14.4 Å². The van der Waals surface area contributed by atoms with Crippen molar-refractivity contribution in [1.82, 2.24) is 9.47 Å². The SMILES string of the molecule is CC(=NCCN1CCOCC1)c1c(O)c2ccccc2n(C)c1=O. The molecular weight excluding hydrogens is 306 g/mol. The zero-order chi connectivity index (χ0) is 17.1.